The molecule has 0 saturated carbocycles. The van der Waals surface area contributed by atoms with Gasteiger partial charge in [-0.1, -0.05) is 24.3 Å². The van der Waals surface area contributed by atoms with E-state index in [1.54, 1.807) is 0 Å². The summed E-state index contributed by atoms with van der Waals surface area (Å²) < 4.78 is 7.49. The van der Waals surface area contributed by atoms with Gasteiger partial charge < -0.3 is 15.0 Å². The van der Waals surface area contributed by atoms with Crippen molar-refractivity contribution < 1.29 is 4.74 Å². The maximum Gasteiger partial charge on any atom is 0.229 e. The Morgan fingerprint density at radius 1 is 0.968 bits per heavy atom. The molecule has 7 heteroatoms. The van der Waals surface area contributed by atoms with Crippen molar-refractivity contribution >= 4 is 28.4 Å². The Hall–Kier alpha value is -3.45. The fourth-order valence-corrected chi connectivity index (χ4v) is 4.62. The fraction of sp³-hybridized carbons (Fsp3) is 0.292. The monoisotopic (exact) mass is 412 g/mol. The van der Waals surface area contributed by atoms with Gasteiger partial charge in [-0.15, -0.1) is 0 Å². The van der Waals surface area contributed by atoms with Crippen LogP contribution >= 0.6 is 0 Å². The first-order valence-corrected chi connectivity index (χ1v) is 10.8. The van der Waals surface area contributed by atoms with E-state index in [-0.39, 0.29) is 6.04 Å². The number of hydrogen-bond donors (Lipinski definition) is 1. The van der Waals surface area contributed by atoms with Gasteiger partial charge >= 0.3 is 0 Å². The van der Waals surface area contributed by atoms with Gasteiger partial charge in [0.2, 0.25) is 5.95 Å². The van der Waals surface area contributed by atoms with E-state index >= 15 is 0 Å². The number of ether oxygens (including phenoxy) is 1. The molecule has 0 amide bonds. The predicted octanol–water partition coefficient (Wildman–Crippen LogP) is 3.94. The molecule has 2 aromatic carbocycles. The predicted molar refractivity (Wildman–Crippen MR) is 121 cm³/mol. The third-order valence-corrected chi connectivity index (χ3v) is 6.23. The Morgan fingerprint density at radius 3 is 2.68 bits per heavy atom. The van der Waals surface area contributed by atoms with Crippen LogP contribution in [0.15, 0.2) is 60.9 Å². The highest BCUT2D eigenvalue weighted by Crippen LogP contribution is 2.35. The minimum atomic E-state index is 0.226. The smallest absolute Gasteiger partial charge is 0.229 e. The number of fused-ring (bicyclic) bond motifs is 2. The summed E-state index contributed by atoms with van der Waals surface area (Å²) in [5, 5.41) is 8.96. The average molecular weight is 412 g/mol. The lowest BCUT2D eigenvalue weighted by Crippen LogP contribution is -2.36. The zero-order chi connectivity index (χ0) is 20.6. The Bertz CT molecular complexity index is 1210. The zero-order valence-electron chi connectivity index (χ0n) is 17.2. The summed E-state index contributed by atoms with van der Waals surface area (Å²) in [5.74, 6) is 0.583. The number of rotatable bonds is 4. The van der Waals surface area contributed by atoms with Gasteiger partial charge in [0.15, 0.2) is 5.65 Å². The average Bonchev–Trinajstić information content (AvgIpc) is 3.44. The molecular formula is C24H24N6O. The van der Waals surface area contributed by atoms with Crippen LogP contribution in [-0.2, 0) is 11.2 Å². The molecule has 1 atom stereocenters. The van der Waals surface area contributed by atoms with Gasteiger partial charge in [0.25, 0.3) is 0 Å². The van der Waals surface area contributed by atoms with Gasteiger partial charge in [0.05, 0.1) is 30.8 Å². The first kappa shape index (κ1) is 18.3. The molecule has 1 aliphatic carbocycles. The number of nitrogens with one attached hydrogen (secondary N) is 1. The van der Waals surface area contributed by atoms with Crippen LogP contribution in [0.25, 0.3) is 11.0 Å². The molecular weight excluding hydrogens is 388 g/mol. The molecule has 7 nitrogen and oxygen atoms in total. The third kappa shape index (κ3) is 3.41. The van der Waals surface area contributed by atoms with E-state index in [4.69, 9.17) is 9.72 Å². The van der Waals surface area contributed by atoms with E-state index in [9.17, 15) is 0 Å². The van der Waals surface area contributed by atoms with Crippen molar-refractivity contribution in [2.45, 2.75) is 18.9 Å². The fourth-order valence-electron chi connectivity index (χ4n) is 4.62. The topological polar surface area (TPSA) is 68.1 Å². The summed E-state index contributed by atoms with van der Waals surface area (Å²) in [6.45, 7) is 3.43. The van der Waals surface area contributed by atoms with Crippen LogP contribution in [0.1, 0.15) is 23.6 Å². The van der Waals surface area contributed by atoms with Gasteiger partial charge in [0, 0.05) is 30.7 Å². The van der Waals surface area contributed by atoms with Gasteiger partial charge in [-0.3, -0.25) is 0 Å². The normalized spacial score (nSPS) is 18.3. The van der Waals surface area contributed by atoms with Gasteiger partial charge in [0.1, 0.15) is 0 Å². The van der Waals surface area contributed by atoms with Crippen LogP contribution < -0.4 is 10.2 Å². The van der Waals surface area contributed by atoms with Crippen LogP contribution in [0.4, 0.5) is 17.3 Å². The van der Waals surface area contributed by atoms with Gasteiger partial charge in [-0.05, 0) is 48.2 Å². The molecule has 0 spiro atoms. The van der Waals surface area contributed by atoms with Crippen molar-refractivity contribution in [1.82, 2.24) is 19.7 Å². The Kier molecular flexibility index (Phi) is 4.53. The first-order chi connectivity index (χ1) is 15.3. The molecule has 3 heterocycles. The molecule has 1 aliphatic heterocycles. The minimum absolute atomic E-state index is 0.226. The highest BCUT2D eigenvalue weighted by molar-refractivity contribution is 5.75. The first-order valence-electron chi connectivity index (χ1n) is 10.8. The van der Waals surface area contributed by atoms with Crippen LogP contribution in [0.3, 0.4) is 0 Å². The molecule has 156 valence electrons. The Balaban J connectivity index is 1.26. The molecule has 6 rings (SSSR count). The quantitative estimate of drug-likeness (QED) is 0.548. The van der Waals surface area contributed by atoms with Gasteiger partial charge in [-0.2, -0.15) is 10.1 Å². The summed E-state index contributed by atoms with van der Waals surface area (Å²) in [6, 6.07) is 17.3. The lowest BCUT2D eigenvalue weighted by Gasteiger charge is -2.28. The van der Waals surface area contributed by atoms with E-state index in [0.717, 1.165) is 55.9 Å². The summed E-state index contributed by atoms with van der Waals surface area (Å²) >= 11 is 0. The number of aryl methyl sites for hydroxylation is 1. The Morgan fingerprint density at radius 2 is 1.81 bits per heavy atom. The number of morpholine rings is 1. The lowest BCUT2D eigenvalue weighted by atomic mass is 10.1. The molecule has 31 heavy (non-hydrogen) atoms. The van der Waals surface area contributed by atoms with E-state index in [1.165, 1.54) is 16.8 Å². The van der Waals surface area contributed by atoms with Crippen LogP contribution in [-0.4, -0.2) is 46.1 Å². The van der Waals surface area contributed by atoms with Crippen LogP contribution in [0.2, 0.25) is 0 Å². The molecule has 1 N–H and O–H groups in total. The van der Waals surface area contributed by atoms with Crippen molar-refractivity contribution in [2.75, 3.05) is 36.5 Å². The summed E-state index contributed by atoms with van der Waals surface area (Å²) in [5.41, 5.74) is 5.80. The number of nitrogens with zero attached hydrogens (tertiary/aromatic N) is 5. The largest absolute Gasteiger partial charge is 0.378 e. The highest BCUT2D eigenvalue weighted by Gasteiger charge is 2.26. The third-order valence-electron chi connectivity index (χ3n) is 6.23. The van der Waals surface area contributed by atoms with E-state index in [2.05, 4.69) is 73.5 Å². The lowest BCUT2D eigenvalue weighted by molar-refractivity contribution is 0.122. The summed E-state index contributed by atoms with van der Waals surface area (Å²) in [6.07, 6.45) is 5.83. The molecule has 1 fully saturated rings. The van der Waals surface area contributed by atoms with Gasteiger partial charge in [-0.25, -0.2) is 9.67 Å². The number of anilines is 3. The number of hydrogen-bond acceptors (Lipinski definition) is 6. The number of benzene rings is 2. The molecule has 2 aromatic heterocycles. The van der Waals surface area contributed by atoms with Crippen molar-refractivity contribution in [3.63, 3.8) is 0 Å². The van der Waals surface area contributed by atoms with Crippen molar-refractivity contribution in [3.8, 4) is 0 Å². The molecule has 0 unspecified atom stereocenters. The second kappa shape index (κ2) is 7.67. The van der Waals surface area contributed by atoms with Crippen molar-refractivity contribution in [3.05, 3.63) is 72.1 Å². The number of aromatic nitrogens is 4. The van der Waals surface area contributed by atoms with Crippen LogP contribution in [0, 0.1) is 0 Å². The molecule has 1 saturated heterocycles. The summed E-state index contributed by atoms with van der Waals surface area (Å²) in [4.78, 5) is 11.6. The molecule has 2 aliphatic rings. The molecule has 4 aromatic rings. The van der Waals surface area contributed by atoms with E-state index in [0.29, 0.717) is 5.95 Å². The van der Waals surface area contributed by atoms with Crippen LogP contribution in [0.5, 0.6) is 0 Å². The SMILES string of the molecule is c1ccc2c(c1)CC[C@@H]2n1ncc2cnc(Nc3ccc(N4CCOCC4)cc3)nc21. The second-order valence-electron chi connectivity index (χ2n) is 8.09. The molecule has 0 radical (unpaired) electrons. The van der Waals surface area contributed by atoms with E-state index < -0.39 is 0 Å². The minimum Gasteiger partial charge on any atom is -0.378 e. The highest BCUT2D eigenvalue weighted by atomic mass is 16.5. The molecule has 0 bridgehead atoms. The van der Waals surface area contributed by atoms with Crippen molar-refractivity contribution in [2.24, 2.45) is 0 Å². The van der Waals surface area contributed by atoms with Crippen molar-refractivity contribution in [1.29, 1.82) is 0 Å². The zero-order valence-corrected chi connectivity index (χ0v) is 17.2. The summed E-state index contributed by atoms with van der Waals surface area (Å²) in [7, 11) is 0. The maximum absolute atomic E-state index is 5.44. The van der Waals surface area contributed by atoms with E-state index in [1.807, 2.05) is 12.4 Å². The maximum atomic E-state index is 5.44. The second-order valence-corrected chi connectivity index (χ2v) is 8.09. The standard InChI is InChI=1S/C24H24N6O/c1-2-4-21-17(3-1)5-10-22(21)30-23-18(16-26-30)15-25-24(28-23)27-19-6-8-20(9-7-19)29-11-13-31-14-12-29/h1-4,6-9,15-16,22H,5,10-14H2,(H,25,27,28)/t22-/m0/s1. The Labute approximate surface area is 180 Å².